The summed E-state index contributed by atoms with van der Waals surface area (Å²) in [4.78, 5) is 14.6. The smallest absolute Gasteiger partial charge is 0.270 e. The van der Waals surface area contributed by atoms with Crippen LogP contribution < -0.4 is 5.56 Å². The van der Waals surface area contributed by atoms with Crippen LogP contribution >= 0.6 is 11.3 Å². The molecule has 4 nitrogen and oxygen atoms in total. The van der Waals surface area contributed by atoms with E-state index in [1.54, 1.807) is 16.0 Å². The first-order chi connectivity index (χ1) is 14.3. The molecule has 0 fully saturated rings. The third-order valence-electron chi connectivity index (χ3n) is 5.24. The second kappa shape index (κ2) is 7.68. The summed E-state index contributed by atoms with van der Waals surface area (Å²) in [6, 6.07) is 22.2. The molecule has 5 rings (SSSR count). The highest BCUT2D eigenvalue weighted by atomic mass is 32.1. The minimum atomic E-state index is -0.0171. The van der Waals surface area contributed by atoms with Crippen LogP contribution in [0.2, 0.25) is 0 Å². The summed E-state index contributed by atoms with van der Waals surface area (Å²) in [7, 11) is 0. The normalized spacial score (nSPS) is 11.4. The zero-order chi connectivity index (χ0) is 19.6. The van der Waals surface area contributed by atoms with Gasteiger partial charge in [0.2, 0.25) is 5.71 Å². The van der Waals surface area contributed by atoms with Gasteiger partial charge in [0.25, 0.3) is 5.56 Å². The molecular weight excluding hydrogens is 380 g/mol. The lowest BCUT2D eigenvalue weighted by Crippen LogP contribution is -2.27. The van der Waals surface area contributed by atoms with Gasteiger partial charge < -0.3 is 4.42 Å². The first kappa shape index (κ1) is 17.9. The maximum Gasteiger partial charge on any atom is 0.270 e. The molecule has 29 heavy (non-hydrogen) atoms. The highest BCUT2D eigenvalue weighted by Crippen LogP contribution is 2.29. The third-order valence-corrected chi connectivity index (χ3v) is 6.18. The lowest BCUT2D eigenvalue weighted by molar-refractivity contribution is 0.549. The van der Waals surface area contributed by atoms with Gasteiger partial charge in [-0.05, 0) is 42.3 Å². The van der Waals surface area contributed by atoms with E-state index in [-0.39, 0.29) is 5.56 Å². The number of hydrogen-bond acceptors (Lipinski definition) is 4. The van der Waals surface area contributed by atoms with Crippen molar-refractivity contribution in [2.45, 2.75) is 25.8 Å². The van der Waals surface area contributed by atoms with E-state index in [1.807, 2.05) is 48.5 Å². The zero-order valence-corrected chi connectivity index (χ0v) is 16.7. The van der Waals surface area contributed by atoms with Gasteiger partial charge in [-0.15, -0.1) is 16.4 Å². The van der Waals surface area contributed by atoms with Crippen molar-refractivity contribution in [1.82, 2.24) is 9.78 Å². The minimum absolute atomic E-state index is 0.0171. The second-order valence-electron chi connectivity index (χ2n) is 7.10. The highest BCUT2D eigenvalue weighted by molar-refractivity contribution is 7.09. The van der Waals surface area contributed by atoms with Gasteiger partial charge in [-0.25, -0.2) is 4.68 Å². The molecule has 3 heterocycles. The van der Waals surface area contributed by atoms with Crippen molar-refractivity contribution in [2.75, 3.05) is 0 Å². The average Bonchev–Trinajstić information content (AvgIpc) is 3.40. The molecule has 5 heteroatoms. The van der Waals surface area contributed by atoms with Gasteiger partial charge in [0.05, 0.1) is 5.39 Å². The van der Waals surface area contributed by atoms with Crippen molar-refractivity contribution < 1.29 is 4.42 Å². The Kier molecular flexibility index (Phi) is 4.74. The predicted molar refractivity (Wildman–Crippen MR) is 118 cm³/mol. The van der Waals surface area contributed by atoms with Crippen molar-refractivity contribution in [3.8, 4) is 0 Å². The van der Waals surface area contributed by atoms with Crippen LogP contribution in [0.4, 0.5) is 0 Å². The number of furan rings is 1. The van der Waals surface area contributed by atoms with Crippen LogP contribution in [0.25, 0.3) is 22.1 Å². The fraction of sp³-hybridized carbons (Fsp3) is 0.167. The molecule has 2 aromatic carbocycles. The van der Waals surface area contributed by atoms with Gasteiger partial charge >= 0.3 is 0 Å². The van der Waals surface area contributed by atoms with E-state index in [2.05, 4.69) is 28.7 Å². The number of fused-ring (bicyclic) bond motifs is 3. The zero-order valence-electron chi connectivity index (χ0n) is 15.9. The molecule has 0 atom stereocenters. The van der Waals surface area contributed by atoms with Gasteiger partial charge in [0.1, 0.15) is 5.58 Å². The summed E-state index contributed by atoms with van der Waals surface area (Å²) >= 11 is 1.72. The molecule has 0 aliphatic heterocycles. The lowest BCUT2D eigenvalue weighted by Gasteiger charge is -2.08. The minimum Gasteiger partial charge on any atom is -0.436 e. The molecule has 3 aromatic heterocycles. The fourth-order valence-electron chi connectivity index (χ4n) is 3.78. The number of aryl methyl sites for hydroxylation is 4. The van der Waals surface area contributed by atoms with Crippen LogP contribution in [0.3, 0.4) is 0 Å². The number of nitrogens with zero attached hydrogens (tertiary/aromatic N) is 2. The molecule has 0 aliphatic rings. The van der Waals surface area contributed by atoms with Crippen molar-refractivity contribution in [2.24, 2.45) is 0 Å². The van der Waals surface area contributed by atoms with Gasteiger partial charge in [-0.1, -0.05) is 54.6 Å². The largest absolute Gasteiger partial charge is 0.436 e. The fourth-order valence-corrected chi connectivity index (χ4v) is 4.49. The molecule has 0 saturated carbocycles. The van der Waals surface area contributed by atoms with E-state index in [4.69, 9.17) is 4.42 Å². The molecule has 0 radical (unpaired) electrons. The Morgan fingerprint density at radius 3 is 2.55 bits per heavy atom. The third kappa shape index (κ3) is 3.49. The van der Waals surface area contributed by atoms with Crippen LogP contribution in [-0.2, 0) is 25.8 Å². The van der Waals surface area contributed by atoms with Crippen LogP contribution in [0, 0.1) is 0 Å². The summed E-state index contributed by atoms with van der Waals surface area (Å²) in [5.41, 5.74) is 3.27. The highest BCUT2D eigenvalue weighted by Gasteiger charge is 2.18. The molecule has 0 N–H and O–H groups in total. The maximum atomic E-state index is 13.4. The first-order valence-electron chi connectivity index (χ1n) is 9.77. The second-order valence-corrected chi connectivity index (χ2v) is 8.13. The Hall–Kier alpha value is -3.18. The van der Waals surface area contributed by atoms with E-state index in [0.717, 1.165) is 34.8 Å². The molecule has 0 spiro atoms. The van der Waals surface area contributed by atoms with Crippen LogP contribution in [0.1, 0.15) is 16.0 Å². The topological polar surface area (TPSA) is 48.0 Å². The first-order valence-corrected chi connectivity index (χ1v) is 10.6. The number of rotatable bonds is 6. The van der Waals surface area contributed by atoms with Gasteiger partial charge in [-0.3, -0.25) is 4.79 Å². The Morgan fingerprint density at radius 1 is 0.897 bits per heavy atom. The SMILES string of the molecule is O=c1c(CCc2cccs2)c2c(nn1CCc1ccccc1)oc1ccccc12. The van der Waals surface area contributed by atoms with Crippen molar-refractivity contribution in [1.29, 1.82) is 0 Å². The van der Waals surface area contributed by atoms with Crippen molar-refractivity contribution in [3.05, 3.63) is 98.5 Å². The molecule has 5 aromatic rings. The molecule has 0 amide bonds. The predicted octanol–water partition coefficient (Wildman–Crippen LogP) is 5.23. The number of benzene rings is 2. The number of hydrogen-bond donors (Lipinski definition) is 0. The van der Waals surface area contributed by atoms with Gasteiger partial charge in [0.15, 0.2) is 0 Å². The summed E-state index contributed by atoms with van der Waals surface area (Å²) in [5, 5.41) is 8.47. The Morgan fingerprint density at radius 2 is 1.72 bits per heavy atom. The Labute approximate surface area is 172 Å². The monoisotopic (exact) mass is 400 g/mol. The van der Waals surface area contributed by atoms with E-state index in [9.17, 15) is 4.79 Å². The summed E-state index contributed by atoms with van der Waals surface area (Å²) < 4.78 is 7.58. The van der Waals surface area contributed by atoms with E-state index in [1.165, 1.54) is 10.4 Å². The van der Waals surface area contributed by atoms with Crippen LogP contribution in [-0.4, -0.2) is 9.78 Å². The lowest BCUT2D eigenvalue weighted by atomic mass is 10.0. The molecule has 0 unspecified atom stereocenters. The van der Waals surface area contributed by atoms with E-state index < -0.39 is 0 Å². The van der Waals surface area contributed by atoms with E-state index in [0.29, 0.717) is 18.7 Å². The van der Waals surface area contributed by atoms with E-state index >= 15 is 0 Å². The number of para-hydroxylation sites is 1. The van der Waals surface area contributed by atoms with Crippen LogP contribution in [0.5, 0.6) is 0 Å². The quantitative estimate of drug-likeness (QED) is 0.392. The molecule has 0 saturated heterocycles. The van der Waals surface area contributed by atoms with Gasteiger partial charge in [-0.2, -0.15) is 0 Å². The average molecular weight is 401 g/mol. The maximum absolute atomic E-state index is 13.4. The number of thiophene rings is 1. The Balaban J connectivity index is 1.59. The summed E-state index contributed by atoms with van der Waals surface area (Å²) in [6.45, 7) is 0.530. The van der Waals surface area contributed by atoms with Gasteiger partial charge in [0, 0.05) is 22.4 Å². The van der Waals surface area contributed by atoms with Crippen LogP contribution in [0.15, 0.2) is 81.3 Å². The number of aromatic nitrogens is 2. The molecule has 0 aliphatic carbocycles. The molecule has 144 valence electrons. The van der Waals surface area contributed by atoms with Crippen molar-refractivity contribution in [3.63, 3.8) is 0 Å². The Bertz CT molecular complexity index is 1320. The molecule has 0 bridgehead atoms. The summed E-state index contributed by atoms with van der Waals surface area (Å²) in [5.74, 6) is 0. The standard InChI is InChI=1S/C24H20N2O2S/c27-24-20(13-12-18-9-6-16-29-18)22-19-10-4-5-11-21(19)28-23(22)25-26(24)15-14-17-7-2-1-3-8-17/h1-11,16H,12-15H2. The summed E-state index contributed by atoms with van der Waals surface area (Å²) in [6.07, 6.45) is 2.27. The van der Waals surface area contributed by atoms with Crippen molar-refractivity contribution >= 4 is 33.4 Å². The molecular formula is C24H20N2O2S.